The molecule has 4 heterocycles. The lowest BCUT2D eigenvalue weighted by Crippen LogP contribution is -2.60. The van der Waals surface area contributed by atoms with Gasteiger partial charge in [-0.2, -0.15) is 0 Å². The van der Waals surface area contributed by atoms with Gasteiger partial charge in [0, 0.05) is 67.5 Å². The molecule has 2 N–H and O–H groups in total. The number of hydrogen-bond acceptors (Lipinski definition) is 6. The molecule has 8 nitrogen and oxygen atoms in total. The summed E-state index contributed by atoms with van der Waals surface area (Å²) >= 11 is 0. The Hall–Kier alpha value is -3.66. The van der Waals surface area contributed by atoms with Gasteiger partial charge in [-0.05, 0) is 42.3 Å². The summed E-state index contributed by atoms with van der Waals surface area (Å²) in [7, 11) is 0. The molecule has 3 aliphatic heterocycles. The van der Waals surface area contributed by atoms with Crippen molar-refractivity contribution in [2.24, 2.45) is 0 Å². The highest BCUT2D eigenvalue weighted by atomic mass is 19.1. The molecule has 1 fully saturated rings. The van der Waals surface area contributed by atoms with Crippen molar-refractivity contribution in [1.82, 2.24) is 20.1 Å². The minimum Gasteiger partial charge on any atom is -0.384 e. The number of piperazine rings is 1. The SMILES string of the molecule is C[C@@H]1CN(CC(=O)N2CC(C)(C)c3ncc(C(O)c4ccc(F)cc4)cc32)[C@@H](CN2Cc3ccccc3C2=O)CN1. The van der Waals surface area contributed by atoms with Crippen LogP contribution in [0.1, 0.15) is 59.6 Å². The van der Waals surface area contributed by atoms with Crippen molar-refractivity contribution in [3.63, 3.8) is 0 Å². The maximum atomic E-state index is 13.9. The van der Waals surface area contributed by atoms with E-state index in [-0.39, 0.29) is 41.7 Å². The van der Waals surface area contributed by atoms with E-state index in [4.69, 9.17) is 0 Å². The molecule has 2 aromatic carbocycles. The molecular weight excluding hydrogens is 521 g/mol. The molecule has 1 aromatic heterocycles. The van der Waals surface area contributed by atoms with Crippen LogP contribution in [0.5, 0.6) is 0 Å². The Labute approximate surface area is 239 Å². The number of halogens is 1. The Bertz CT molecular complexity index is 1480. The Morgan fingerprint density at radius 2 is 1.93 bits per heavy atom. The lowest BCUT2D eigenvalue weighted by Gasteiger charge is -2.41. The zero-order valence-corrected chi connectivity index (χ0v) is 23.7. The molecule has 0 spiro atoms. The first-order chi connectivity index (χ1) is 19.6. The number of aromatic nitrogens is 1. The predicted octanol–water partition coefficient (Wildman–Crippen LogP) is 3.24. The van der Waals surface area contributed by atoms with Gasteiger partial charge in [-0.25, -0.2) is 4.39 Å². The number of hydrogen-bond donors (Lipinski definition) is 2. The van der Waals surface area contributed by atoms with E-state index in [0.29, 0.717) is 49.5 Å². The van der Waals surface area contributed by atoms with E-state index in [9.17, 15) is 19.1 Å². The first-order valence-electron chi connectivity index (χ1n) is 14.2. The lowest BCUT2D eigenvalue weighted by molar-refractivity contribution is -0.120. The zero-order valence-electron chi connectivity index (χ0n) is 23.7. The van der Waals surface area contributed by atoms with E-state index in [0.717, 1.165) is 16.8 Å². The number of carbonyl (C=O) groups is 2. The van der Waals surface area contributed by atoms with Gasteiger partial charge in [-0.1, -0.05) is 44.2 Å². The highest BCUT2D eigenvalue weighted by Gasteiger charge is 2.41. The molecule has 0 bridgehead atoms. The number of rotatable bonds is 6. The maximum absolute atomic E-state index is 13.9. The molecule has 3 aliphatic rings. The molecule has 3 atom stereocenters. The largest absolute Gasteiger partial charge is 0.384 e. The Kier molecular flexibility index (Phi) is 7.13. The lowest BCUT2D eigenvalue weighted by atomic mass is 9.90. The van der Waals surface area contributed by atoms with Gasteiger partial charge in [0.25, 0.3) is 5.91 Å². The van der Waals surface area contributed by atoms with E-state index in [1.165, 1.54) is 12.1 Å². The third-order valence-electron chi connectivity index (χ3n) is 8.57. The van der Waals surface area contributed by atoms with Crippen LogP contribution in [0.15, 0.2) is 60.8 Å². The molecule has 214 valence electrons. The molecular formula is C32H36FN5O3. The predicted molar refractivity (Wildman–Crippen MR) is 154 cm³/mol. The number of fused-ring (bicyclic) bond motifs is 2. The van der Waals surface area contributed by atoms with Crippen LogP contribution in [-0.4, -0.2) is 76.5 Å². The summed E-state index contributed by atoms with van der Waals surface area (Å²) in [6.07, 6.45) is 0.649. The fourth-order valence-corrected chi connectivity index (χ4v) is 6.34. The van der Waals surface area contributed by atoms with Crippen molar-refractivity contribution in [1.29, 1.82) is 0 Å². The number of nitrogens with one attached hydrogen (secondary N) is 1. The average Bonchev–Trinajstić information content (AvgIpc) is 3.42. The second-order valence-electron chi connectivity index (χ2n) is 12.2. The molecule has 0 radical (unpaired) electrons. The van der Waals surface area contributed by atoms with Crippen molar-refractivity contribution in [3.8, 4) is 0 Å². The van der Waals surface area contributed by atoms with Gasteiger partial charge in [0.15, 0.2) is 0 Å². The van der Waals surface area contributed by atoms with Crippen LogP contribution in [0.4, 0.5) is 10.1 Å². The standard InChI is InChI=1S/C32H36FN5O3/c1-20-15-36(25(14-34-20)17-37-16-22-6-4-5-7-26(22)31(37)41)18-28(39)38-19-32(2,3)30-27(38)12-23(13-35-30)29(40)21-8-10-24(33)11-9-21/h4-13,20,25,29,34,40H,14-19H2,1-3H3/t20-,25-,29?/m1/s1. The van der Waals surface area contributed by atoms with Crippen LogP contribution in [0.2, 0.25) is 0 Å². The van der Waals surface area contributed by atoms with Crippen LogP contribution in [0.3, 0.4) is 0 Å². The number of anilines is 1. The van der Waals surface area contributed by atoms with E-state index >= 15 is 0 Å². The quantitative estimate of drug-likeness (QED) is 0.484. The first-order valence-corrected chi connectivity index (χ1v) is 14.2. The van der Waals surface area contributed by atoms with Crippen molar-refractivity contribution in [3.05, 3.63) is 94.6 Å². The second-order valence-corrected chi connectivity index (χ2v) is 12.2. The minimum absolute atomic E-state index is 0.00625. The van der Waals surface area contributed by atoms with Crippen molar-refractivity contribution in [2.75, 3.05) is 37.6 Å². The minimum atomic E-state index is -0.991. The van der Waals surface area contributed by atoms with Gasteiger partial charge in [-0.3, -0.25) is 19.5 Å². The molecule has 3 aromatic rings. The third-order valence-corrected chi connectivity index (χ3v) is 8.57. The van der Waals surface area contributed by atoms with Gasteiger partial charge in [0.1, 0.15) is 11.9 Å². The van der Waals surface area contributed by atoms with E-state index in [1.54, 1.807) is 23.2 Å². The summed E-state index contributed by atoms with van der Waals surface area (Å²) in [5.41, 5.74) is 4.06. The normalized spacial score (nSPS) is 22.5. The average molecular weight is 558 g/mol. The summed E-state index contributed by atoms with van der Waals surface area (Å²) in [5.74, 6) is -0.369. The summed E-state index contributed by atoms with van der Waals surface area (Å²) in [5, 5.41) is 14.5. The van der Waals surface area contributed by atoms with Crippen molar-refractivity contribution in [2.45, 2.75) is 50.9 Å². The Morgan fingerprint density at radius 3 is 2.68 bits per heavy atom. The molecule has 1 unspecified atom stereocenters. The summed E-state index contributed by atoms with van der Waals surface area (Å²) in [6.45, 7) is 9.43. The fourth-order valence-electron chi connectivity index (χ4n) is 6.34. The third kappa shape index (κ3) is 5.25. The molecule has 41 heavy (non-hydrogen) atoms. The fraction of sp³-hybridized carbons (Fsp3) is 0.406. The Balaban J connectivity index is 1.21. The van der Waals surface area contributed by atoms with E-state index in [1.807, 2.05) is 35.2 Å². The monoisotopic (exact) mass is 557 g/mol. The summed E-state index contributed by atoms with van der Waals surface area (Å²) < 4.78 is 13.4. The van der Waals surface area contributed by atoms with E-state index in [2.05, 4.69) is 36.0 Å². The Morgan fingerprint density at radius 1 is 1.17 bits per heavy atom. The van der Waals surface area contributed by atoms with Crippen molar-refractivity contribution < 1.29 is 19.1 Å². The van der Waals surface area contributed by atoms with Crippen LogP contribution in [0.25, 0.3) is 0 Å². The number of carbonyl (C=O) groups excluding carboxylic acids is 2. The summed E-state index contributed by atoms with van der Waals surface area (Å²) in [6, 6.07) is 15.5. The van der Waals surface area contributed by atoms with Crippen LogP contribution in [0, 0.1) is 5.82 Å². The molecule has 9 heteroatoms. The van der Waals surface area contributed by atoms with Crippen LogP contribution >= 0.6 is 0 Å². The van der Waals surface area contributed by atoms with Crippen LogP contribution < -0.4 is 10.2 Å². The van der Waals surface area contributed by atoms with Gasteiger partial charge in [0.2, 0.25) is 5.91 Å². The first kappa shape index (κ1) is 27.5. The van der Waals surface area contributed by atoms with Gasteiger partial charge in [0.05, 0.1) is 17.9 Å². The summed E-state index contributed by atoms with van der Waals surface area (Å²) in [4.78, 5) is 37.5. The van der Waals surface area contributed by atoms with Gasteiger partial charge in [-0.15, -0.1) is 0 Å². The highest BCUT2D eigenvalue weighted by Crippen LogP contribution is 2.41. The smallest absolute Gasteiger partial charge is 0.254 e. The second kappa shape index (κ2) is 10.6. The van der Waals surface area contributed by atoms with Crippen molar-refractivity contribution >= 4 is 17.5 Å². The zero-order chi connectivity index (χ0) is 28.9. The molecule has 0 saturated carbocycles. The number of benzene rings is 2. The number of nitrogens with zero attached hydrogens (tertiary/aromatic N) is 4. The topological polar surface area (TPSA) is 89.0 Å². The molecule has 6 rings (SSSR count). The van der Waals surface area contributed by atoms with Crippen LogP contribution in [-0.2, 0) is 16.8 Å². The molecule has 0 aliphatic carbocycles. The highest BCUT2D eigenvalue weighted by molar-refractivity contribution is 5.98. The number of pyridine rings is 1. The maximum Gasteiger partial charge on any atom is 0.254 e. The molecule has 1 saturated heterocycles. The van der Waals surface area contributed by atoms with E-state index < -0.39 is 6.10 Å². The molecule has 2 amide bonds. The number of aliphatic hydroxyl groups excluding tert-OH is 1. The number of aliphatic hydroxyl groups is 1. The number of amides is 2. The van der Waals surface area contributed by atoms with Gasteiger partial charge < -0.3 is 20.2 Å². The van der Waals surface area contributed by atoms with Gasteiger partial charge >= 0.3 is 0 Å².